The van der Waals surface area contributed by atoms with E-state index in [1.807, 2.05) is 0 Å². The van der Waals surface area contributed by atoms with E-state index in [0.29, 0.717) is 18.4 Å². The molecule has 0 saturated carbocycles. The molecule has 0 saturated heterocycles. The van der Waals surface area contributed by atoms with Gasteiger partial charge in [-0.3, -0.25) is 0 Å². The largest absolute Gasteiger partial charge is 0.457 e. The Kier molecular flexibility index (Phi) is 4.08. The van der Waals surface area contributed by atoms with Gasteiger partial charge < -0.3 is 4.74 Å². The molecule has 4 heteroatoms. The molecule has 0 unspecified atom stereocenters. The van der Waals surface area contributed by atoms with E-state index in [1.165, 1.54) is 0 Å². The molecule has 0 spiro atoms. The van der Waals surface area contributed by atoms with Gasteiger partial charge in [0.05, 0.1) is 18.4 Å². The Bertz CT molecular complexity index is 118. The molecule has 0 bridgehead atoms. The average Bonchev–Trinajstić information content (AvgIpc) is 1.68. The fourth-order valence-electron chi connectivity index (χ4n) is 0.185. The van der Waals surface area contributed by atoms with E-state index in [9.17, 15) is 4.79 Å². The summed E-state index contributed by atoms with van der Waals surface area (Å²) in [4.78, 5) is 10.2. The van der Waals surface area contributed by atoms with Gasteiger partial charge in [0.15, 0.2) is 0 Å². The van der Waals surface area contributed by atoms with Crippen molar-refractivity contribution >= 4 is 17.1 Å². The molecule has 0 aromatic carbocycles. The van der Waals surface area contributed by atoms with Crippen molar-refractivity contribution in [1.82, 2.24) is 0 Å². The van der Waals surface area contributed by atoms with Crippen LogP contribution >= 0.6 is 11.8 Å². The highest BCUT2D eigenvalue weighted by atomic mass is 32.2. The van der Waals surface area contributed by atoms with Crippen LogP contribution in [0.3, 0.4) is 0 Å². The first-order valence-corrected chi connectivity index (χ1v) is 2.85. The van der Waals surface area contributed by atoms with Gasteiger partial charge in [-0.15, -0.1) is 0 Å². The quantitative estimate of drug-likeness (QED) is 0.398. The zero-order chi connectivity index (χ0) is 6.41. The molecule has 0 amide bonds. The zero-order valence-electron chi connectivity index (χ0n) is 4.38. The number of nitriles is 1. The summed E-state index contributed by atoms with van der Waals surface area (Å²) in [6.07, 6.45) is 0. The van der Waals surface area contributed by atoms with Gasteiger partial charge in [-0.1, -0.05) is 0 Å². The molecule has 0 aliphatic rings. The van der Waals surface area contributed by atoms with Gasteiger partial charge in [0, 0.05) is 0 Å². The highest BCUT2D eigenvalue weighted by Crippen LogP contribution is 2.00. The van der Waals surface area contributed by atoms with Crippen molar-refractivity contribution in [2.75, 3.05) is 6.61 Å². The van der Waals surface area contributed by atoms with Crippen LogP contribution in [0.2, 0.25) is 0 Å². The third-order valence-corrected chi connectivity index (χ3v) is 0.767. The number of carbonyl (C=O) groups excluding carboxylic acids is 1. The van der Waals surface area contributed by atoms with Gasteiger partial charge in [-0.25, -0.2) is 4.79 Å². The summed E-state index contributed by atoms with van der Waals surface area (Å²) < 4.78 is 4.38. The summed E-state index contributed by atoms with van der Waals surface area (Å²) in [5.74, 6) is 0. The van der Waals surface area contributed by atoms with E-state index in [0.717, 1.165) is 0 Å². The minimum absolute atomic E-state index is 0.327. The van der Waals surface area contributed by atoms with Gasteiger partial charge in [-0.05, 0) is 6.92 Å². The third kappa shape index (κ3) is 3.50. The zero-order valence-corrected chi connectivity index (χ0v) is 5.20. The first kappa shape index (κ1) is 7.31. The Hall–Kier alpha value is -0.690. The van der Waals surface area contributed by atoms with E-state index < -0.39 is 5.30 Å². The predicted octanol–water partition coefficient (Wildman–Crippen LogP) is 1.36. The van der Waals surface area contributed by atoms with Crippen LogP contribution in [-0.4, -0.2) is 11.9 Å². The first-order valence-electron chi connectivity index (χ1n) is 2.04. The maximum Gasteiger partial charge on any atom is 0.382 e. The number of thiocyanates is 1. The fraction of sp³-hybridized carbons (Fsp3) is 0.500. The second-order valence-electron chi connectivity index (χ2n) is 0.876. The van der Waals surface area contributed by atoms with Gasteiger partial charge in [0.1, 0.15) is 5.40 Å². The molecule has 0 fully saturated rings. The van der Waals surface area contributed by atoms with E-state index in [-0.39, 0.29) is 0 Å². The van der Waals surface area contributed by atoms with Crippen LogP contribution in [0, 0.1) is 10.7 Å². The molecule has 44 valence electrons. The molecule has 0 N–H and O–H groups in total. The molecule has 3 nitrogen and oxygen atoms in total. The maximum atomic E-state index is 10.2. The molecule has 0 atom stereocenters. The SMILES string of the molecule is CCOC(=O)SC#N. The molecule has 0 aliphatic carbocycles. The van der Waals surface area contributed by atoms with Gasteiger partial charge in [0.2, 0.25) is 0 Å². The minimum Gasteiger partial charge on any atom is -0.457 e. The topological polar surface area (TPSA) is 50.1 Å². The van der Waals surface area contributed by atoms with Crippen molar-refractivity contribution in [3.63, 3.8) is 0 Å². The van der Waals surface area contributed by atoms with Crippen molar-refractivity contribution in [2.24, 2.45) is 0 Å². The van der Waals surface area contributed by atoms with Crippen molar-refractivity contribution in [3.05, 3.63) is 0 Å². The summed E-state index contributed by atoms with van der Waals surface area (Å²) >= 11 is 0.500. The molecule has 0 aliphatic heterocycles. The first-order chi connectivity index (χ1) is 3.81. The van der Waals surface area contributed by atoms with E-state index in [2.05, 4.69) is 4.74 Å². The number of thioether (sulfide) groups is 1. The lowest BCUT2D eigenvalue weighted by Gasteiger charge is -1.91. The standard InChI is InChI=1S/C4H5NO2S/c1-2-7-4(6)8-3-5/h2H2,1H3. The maximum absolute atomic E-state index is 10.2. The number of hydrogen-bond acceptors (Lipinski definition) is 4. The second-order valence-corrected chi connectivity index (χ2v) is 1.60. The summed E-state index contributed by atoms with van der Waals surface area (Å²) in [6, 6.07) is 0. The molecule has 0 heterocycles. The van der Waals surface area contributed by atoms with E-state index in [4.69, 9.17) is 5.26 Å². The molecule has 0 aromatic rings. The molecule has 0 radical (unpaired) electrons. The second kappa shape index (κ2) is 4.47. The van der Waals surface area contributed by atoms with Crippen molar-refractivity contribution in [1.29, 1.82) is 5.26 Å². The highest BCUT2D eigenvalue weighted by molar-refractivity contribution is 8.17. The van der Waals surface area contributed by atoms with Crippen LogP contribution < -0.4 is 0 Å². The Balaban J connectivity index is 3.23. The van der Waals surface area contributed by atoms with Crippen molar-refractivity contribution in [2.45, 2.75) is 6.92 Å². The smallest absolute Gasteiger partial charge is 0.382 e. The monoisotopic (exact) mass is 131 g/mol. The summed E-state index contributed by atoms with van der Waals surface area (Å²) in [5, 5.41) is 8.94. The normalized spacial score (nSPS) is 7.50. The Labute approximate surface area is 51.6 Å². The van der Waals surface area contributed by atoms with Crippen LogP contribution in [0.4, 0.5) is 4.79 Å². The number of carbonyl (C=O) groups is 1. The fourth-order valence-corrected chi connectivity index (χ4v) is 0.436. The van der Waals surface area contributed by atoms with Crippen molar-refractivity contribution < 1.29 is 9.53 Å². The van der Waals surface area contributed by atoms with Crippen LogP contribution in [0.5, 0.6) is 0 Å². The lowest BCUT2D eigenvalue weighted by molar-refractivity contribution is 0.181. The van der Waals surface area contributed by atoms with Gasteiger partial charge >= 0.3 is 5.30 Å². The Morgan fingerprint density at radius 3 is 3.00 bits per heavy atom. The van der Waals surface area contributed by atoms with Crippen LogP contribution in [-0.2, 0) is 4.74 Å². The lowest BCUT2D eigenvalue weighted by Crippen LogP contribution is -1.93. The van der Waals surface area contributed by atoms with E-state index >= 15 is 0 Å². The van der Waals surface area contributed by atoms with Crippen LogP contribution in [0.25, 0.3) is 0 Å². The van der Waals surface area contributed by atoms with E-state index in [1.54, 1.807) is 12.3 Å². The van der Waals surface area contributed by atoms with Gasteiger partial charge in [-0.2, -0.15) is 5.26 Å². The highest BCUT2D eigenvalue weighted by Gasteiger charge is 1.97. The third-order valence-electron chi connectivity index (χ3n) is 0.391. The van der Waals surface area contributed by atoms with Gasteiger partial charge in [0.25, 0.3) is 0 Å². The molecule has 0 rings (SSSR count). The predicted molar refractivity (Wildman–Crippen MR) is 30.2 cm³/mol. The number of nitrogens with zero attached hydrogens (tertiary/aromatic N) is 1. The summed E-state index contributed by atoms with van der Waals surface area (Å²) in [7, 11) is 0. The molecule has 8 heavy (non-hydrogen) atoms. The number of rotatable bonds is 1. The minimum atomic E-state index is -0.532. The van der Waals surface area contributed by atoms with Crippen LogP contribution in [0.15, 0.2) is 0 Å². The summed E-state index contributed by atoms with van der Waals surface area (Å²) in [6.45, 7) is 2.02. The molecule has 0 aromatic heterocycles. The summed E-state index contributed by atoms with van der Waals surface area (Å²) in [5.41, 5.74) is 0. The lowest BCUT2D eigenvalue weighted by atomic mass is 10.9. The number of ether oxygens (including phenoxy) is 1. The number of hydrogen-bond donors (Lipinski definition) is 0. The van der Waals surface area contributed by atoms with Crippen molar-refractivity contribution in [3.8, 4) is 5.40 Å². The Morgan fingerprint density at radius 2 is 2.62 bits per heavy atom. The van der Waals surface area contributed by atoms with Crippen LogP contribution in [0.1, 0.15) is 6.92 Å². The molecular formula is C4H5NO2S. The molecular weight excluding hydrogens is 126 g/mol. The Morgan fingerprint density at radius 1 is 2.00 bits per heavy atom. The average molecular weight is 131 g/mol.